The molecule has 0 bridgehead atoms. The van der Waals surface area contributed by atoms with Crippen LogP contribution in [0.2, 0.25) is 0 Å². The summed E-state index contributed by atoms with van der Waals surface area (Å²) in [6, 6.07) is 9.21. The number of hydrogen-bond acceptors (Lipinski definition) is 6. The Balaban J connectivity index is 1.95. The van der Waals surface area contributed by atoms with Crippen LogP contribution in [0.1, 0.15) is 0 Å². The third-order valence-electron chi connectivity index (χ3n) is 2.76. The topological polar surface area (TPSA) is 85.1 Å². The Bertz CT molecular complexity index is 773. The fourth-order valence-electron chi connectivity index (χ4n) is 1.72. The predicted octanol–water partition coefficient (Wildman–Crippen LogP) is 1.02. The van der Waals surface area contributed by atoms with Crippen LogP contribution in [0.15, 0.2) is 41.6 Å². The molecule has 0 saturated heterocycles. The van der Waals surface area contributed by atoms with Crippen LogP contribution in [0.3, 0.4) is 0 Å². The largest absolute Gasteiger partial charge is 0.358 e. The lowest BCUT2D eigenvalue weighted by atomic mass is 10.3. The van der Waals surface area contributed by atoms with Gasteiger partial charge in [0.25, 0.3) is 0 Å². The summed E-state index contributed by atoms with van der Waals surface area (Å²) in [6.07, 6.45) is 1.70. The maximum absolute atomic E-state index is 11.3. The van der Waals surface area contributed by atoms with Crippen molar-refractivity contribution in [3.05, 3.63) is 36.5 Å². The minimum Gasteiger partial charge on any atom is -0.358 e. The zero-order valence-electron chi connectivity index (χ0n) is 11.2. The summed E-state index contributed by atoms with van der Waals surface area (Å²) in [7, 11) is 1.61. The molecular weight excluding hydrogens is 288 g/mol. The Labute approximate surface area is 124 Å². The second-order valence-electron chi connectivity index (χ2n) is 4.14. The smallest absolute Gasteiger partial charge is 0.230 e. The minimum atomic E-state index is -0.0457. The molecule has 8 heteroatoms. The van der Waals surface area contributed by atoms with Crippen molar-refractivity contribution in [2.75, 3.05) is 12.8 Å². The molecule has 3 aromatic rings. The van der Waals surface area contributed by atoms with Gasteiger partial charge in [0.15, 0.2) is 5.65 Å². The first-order valence-electron chi connectivity index (χ1n) is 6.25. The molecule has 106 valence electrons. The van der Waals surface area contributed by atoms with Crippen molar-refractivity contribution in [2.45, 2.75) is 5.03 Å². The zero-order valence-corrected chi connectivity index (χ0v) is 12.0. The maximum atomic E-state index is 11.3. The number of amides is 1. The third kappa shape index (κ3) is 2.84. The van der Waals surface area contributed by atoms with Crippen molar-refractivity contribution in [1.29, 1.82) is 0 Å². The molecular formula is C13H12N6OS. The number of carbonyl (C=O) groups excluding carboxylic acids is 1. The first-order valence-corrected chi connectivity index (χ1v) is 7.24. The molecule has 1 amide bonds. The van der Waals surface area contributed by atoms with E-state index in [0.29, 0.717) is 22.9 Å². The van der Waals surface area contributed by atoms with Crippen LogP contribution in [-0.4, -0.2) is 43.5 Å². The summed E-state index contributed by atoms with van der Waals surface area (Å²) < 4.78 is 1.63. The fraction of sp³-hybridized carbons (Fsp3) is 0.154. The standard InChI is InChI=1S/C13H12N6OS/c1-14-11(20)8-21-12-6-5-10-16-17-13(19(10)18-12)9-4-2-3-7-15-9/h2-7H,8H2,1H3,(H,14,20). The van der Waals surface area contributed by atoms with Crippen molar-refractivity contribution in [3.8, 4) is 11.5 Å². The SMILES string of the molecule is CNC(=O)CSc1ccc2nnc(-c3ccccn3)n2n1. The molecule has 0 aliphatic heterocycles. The first-order chi connectivity index (χ1) is 10.3. The lowest BCUT2D eigenvalue weighted by molar-refractivity contribution is -0.118. The number of aromatic nitrogens is 5. The molecule has 1 N–H and O–H groups in total. The molecule has 0 fully saturated rings. The molecule has 0 unspecified atom stereocenters. The van der Waals surface area contributed by atoms with E-state index in [9.17, 15) is 4.79 Å². The average molecular weight is 300 g/mol. The molecule has 0 radical (unpaired) electrons. The summed E-state index contributed by atoms with van der Waals surface area (Å²) in [4.78, 5) is 15.5. The van der Waals surface area contributed by atoms with E-state index < -0.39 is 0 Å². The van der Waals surface area contributed by atoms with E-state index in [-0.39, 0.29) is 5.91 Å². The Morgan fingerprint density at radius 2 is 2.19 bits per heavy atom. The first kappa shape index (κ1) is 13.5. The number of pyridine rings is 1. The van der Waals surface area contributed by atoms with Gasteiger partial charge in [-0.3, -0.25) is 9.78 Å². The van der Waals surface area contributed by atoms with E-state index in [1.807, 2.05) is 30.3 Å². The van der Waals surface area contributed by atoms with Crippen molar-refractivity contribution >= 4 is 23.3 Å². The molecule has 7 nitrogen and oxygen atoms in total. The van der Waals surface area contributed by atoms with Gasteiger partial charge in [-0.1, -0.05) is 17.8 Å². The van der Waals surface area contributed by atoms with Crippen LogP contribution in [0.25, 0.3) is 17.2 Å². The highest BCUT2D eigenvalue weighted by atomic mass is 32.2. The monoisotopic (exact) mass is 300 g/mol. The molecule has 0 aliphatic carbocycles. The van der Waals surface area contributed by atoms with Crippen molar-refractivity contribution in [2.24, 2.45) is 0 Å². The maximum Gasteiger partial charge on any atom is 0.230 e. The molecule has 0 saturated carbocycles. The van der Waals surface area contributed by atoms with E-state index in [1.165, 1.54) is 11.8 Å². The van der Waals surface area contributed by atoms with Crippen LogP contribution in [0.5, 0.6) is 0 Å². The van der Waals surface area contributed by atoms with Gasteiger partial charge in [0.05, 0.1) is 5.75 Å². The quantitative estimate of drug-likeness (QED) is 0.724. The number of thioether (sulfide) groups is 1. The van der Waals surface area contributed by atoms with Gasteiger partial charge in [0.1, 0.15) is 10.7 Å². The second-order valence-corrected chi connectivity index (χ2v) is 5.14. The lowest BCUT2D eigenvalue weighted by Crippen LogP contribution is -2.19. The molecule has 3 heterocycles. The molecule has 0 spiro atoms. The average Bonchev–Trinajstić information content (AvgIpc) is 2.96. The Morgan fingerprint density at radius 1 is 1.29 bits per heavy atom. The highest BCUT2D eigenvalue weighted by molar-refractivity contribution is 7.99. The molecule has 0 aromatic carbocycles. The Kier molecular flexibility index (Phi) is 3.78. The number of fused-ring (bicyclic) bond motifs is 1. The predicted molar refractivity (Wildman–Crippen MR) is 78.8 cm³/mol. The van der Waals surface area contributed by atoms with Gasteiger partial charge in [0, 0.05) is 13.2 Å². The summed E-state index contributed by atoms with van der Waals surface area (Å²) in [5, 5.41) is 15.9. The minimum absolute atomic E-state index is 0.0457. The summed E-state index contributed by atoms with van der Waals surface area (Å²) in [5.74, 6) is 0.847. The van der Waals surface area contributed by atoms with Gasteiger partial charge in [-0.05, 0) is 24.3 Å². The molecule has 3 aromatic heterocycles. The van der Waals surface area contributed by atoms with Crippen LogP contribution < -0.4 is 5.32 Å². The number of nitrogens with zero attached hydrogens (tertiary/aromatic N) is 5. The van der Waals surface area contributed by atoms with Crippen molar-refractivity contribution in [1.82, 2.24) is 30.1 Å². The van der Waals surface area contributed by atoms with Crippen LogP contribution in [0.4, 0.5) is 0 Å². The summed E-state index contributed by atoms with van der Waals surface area (Å²) in [5.41, 5.74) is 1.34. The summed E-state index contributed by atoms with van der Waals surface area (Å²) >= 11 is 1.36. The van der Waals surface area contributed by atoms with E-state index >= 15 is 0 Å². The fourth-order valence-corrected chi connectivity index (χ4v) is 2.44. The van der Waals surface area contributed by atoms with Crippen LogP contribution in [-0.2, 0) is 4.79 Å². The molecule has 0 atom stereocenters. The highest BCUT2D eigenvalue weighted by Crippen LogP contribution is 2.18. The van der Waals surface area contributed by atoms with Gasteiger partial charge in [-0.15, -0.1) is 10.2 Å². The third-order valence-corrected chi connectivity index (χ3v) is 3.68. The van der Waals surface area contributed by atoms with Gasteiger partial charge in [0.2, 0.25) is 11.7 Å². The number of rotatable bonds is 4. The Hall–Kier alpha value is -2.48. The van der Waals surface area contributed by atoms with E-state index in [4.69, 9.17) is 0 Å². The van der Waals surface area contributed by atoms with Crippen LogP contribution in [0, 0.1) is 0 Å². The lowest BCUT2D eigenvalue weighted by Gasteiger charge is -2.02. The van der Waals surface area contributed by atoms with Crippen molar-refractivity contribution in [3.63, 3.8) is 0 Å². The van der Waals surface area contributed by atoms with Gasteiger partial charge in [-0.2, -0.15) is 9.61 Å². The number of nitrogens with one attached hydrogen (secondary N) is 1. The second kappa shape index (κ2) is 5.88. The van der Waals surface area contributed by atoms with Gasteiger partial charge >= 0.3 is 0 Å². The Morgan fingerprint density at radius 3 is 2.95 bits per heavy atom. The zero-order chi connectivity index (χ0) is 14.7. The van der Waals surface area contributed by atoms with Crippen molar-refractivity contribution < 1.29 is 4.79 Å². The molecule has 21 heavy (non-hydrogen) atoms. The highest BCUT2D eigenvalue weighted by Gasteiger charge is 2.11. The van der Waals surface area contributed by atoms with Crippen LogP contribution >= 0.6 is 11.8 Å². The number of carbonyl (C=O) groups is 1. The summed E-state index contributed by atoms with van der Waals surface area (Å²) in [6.45, 7) is 0. The molecule has 3 rings (SSSR count). The van der Waals surface area contributed by atoms with E-state index in [1.54, 1.807) is 17.8 Å². The van der Waals surface area contributed by atoms with Gasteiger partial charge < -0.3 is 5.32 Å². The van der Waals surface area contributed by atoms with E-state index in [0.717, 1.165) is 5.03 Å². The van der Waals surface area contributed by atoms with Gasteiger partial charge in [-0.25, -0.2) is 0 Å². The van der Waals surface area contributed by atoms with E-state index in [2.05, 4.69) is 25.6 Å². The molecule has 0 aliphatic rings. The number of hydrogen-bond donors (Lipinski definition) is 1. The normalized spacial score (nSPS) is 10.7.